The molecule has 520 valence electrons. The fourth-order valence-electron chi connectivity index (χ4n) is 12.0. The number of hydrogen-bond donors (Lipinski definition) is 5. The van der Waals surface area contributed by atoms with Gasteiger partial charge in [0, 0.05) is 67.0 Å². The molecule has 92 heavy (non-hydrogen) atoms. The van der Waals surface area contributed by atoms with Crippen LogP contribution in [0.4, 0.5) is 5.69 Å². The van der Waals surface area contributed by atoms with Gasteiger partial charge in [-0.15, -0.1) is 0 Å². The van der Waals surface area contributed by atoms with Crippen molar-refractivity contribution in [3.05, 3.63) is 24.3 Å². The van der Waals surface area contributed by atoms with Crippen molar-refractivity contribution in [2.45, 2.75) is 226 Å². The van der Waals surface area contributed by atoms with Crippen LogP contribution in [0.15, 0.2) is 29.2 Å². The van der Waals surface area contributed by atoms with Crippen LogP contribution >= 0.6 is 11.8 Å². The van der Waals surface area contributed by atoms with Crippen molar-refractivity contribution in [3.8, 4) is 0 Å². The Morgan fingerprint density at radius 1 is 0.522 bits per heavy atom. The molecule has 0 bridgehead atoms. The second-order valence-electron chi connectivity index (χ2n) is 28.0. The zero-order valence-corrected chi connectivity index (χ0v) is 60.5. The van der Waals surface area contributed by atoms with Crippen molar-refractivity contribution < 1.29 is 57.5 Å². The predicted octanol–water partition coefficient (Wildman–Crippen LogP) is 4.89. The summed E-state index contributed by atoms with van der Waals surface area (Å²) in [7, 11) is 12.0. The lowest BCUT2D eigenvalue weighted by atomic mass is 9.93. The number of anilines is 1. The van der Waals surface area contributed by atoms with Crippen LogP contribution < -0.4 is 26.6 Å². The number of nitrogens with zero attached hydrogens (tertiary/aromatic N) is 7. The second kappa shape index (κ2) is 35.7. The van der Waals surface area contributed by atoms with Crippen LogP contribution in [0.3, 0.4) is 0 Å². The van der Waals surface area contributed by atoms with Crippen molar-refractivity contribution >= 4 is 82.4 Å². The molecule has 0 spiro atoms. The summed E-state index contributed by atoms with van der Waals surface area (Å²) >= 11 is 1.46. The molecule has 11 amide bonds. The van der Waals surface area contributed by atoms with E-state index in [1.54, 1.807) is 34.6 Å². The molecular weight excluding hydrogens is 1200 g/mol. The number of carbonyl (C=O) groups excluding carboxylic acids is 11. The highest BCUT2D eigenvalue weighted by molar-refractivity contribution is 7.99. The number of likely N-dealkylation sites (N-methyl/N-ethyl adjacent to an activating group) is 7. The summed E-state index contributed by atoms with van der Waals surface area (Å²) in [6.07, 6.45) is 0.268. The Kier molecular flexibility index (Phi) is 30.9. The Balaban J connectivity index is 2.32. The van der Waals surface area contributed by atoms with Crippen LogP contribution in [-0.4, -0.2) is 234 Å². The predicted molar refractivity (Wildman–Crippen MR) is 358 cm³/mol. The lowest BCUT2D eigenvalue weighted by Gasteiger charge is -2.41. The zero-order chi connectivity index (χ0) is 70.2. The number of thioether (sulfide) groups is 1. The molecule has 24 nitrogen and oxygen atoms in total. The van der Waals surface area contributed by atoms with Gasteiger partial charge in [-0.05, 0) is 112 Å². The Labute approximate surface area is 553 Å². The van der Waals surface area contributed by atoms with E-state index in [1.807, 2.05) is 93.6 Å². The number of amides is 11. The molecule has 0 aromatic heterocycles. The summed E-state index contributed by atoms with van der Waals surface area (Å²) in [6, 6.07) is -4.20. The van der Waals surface area contributed by atoms with E-state index in [0.717, 1.165) is 10.6 Å². The second-order valence-corrected chi connectivity index (χ2v) is 29.2. The third-order valence-corrected chi connectivity index (χ3v) is 18.7. The van der Waals surface area contributed by atoms with Crippen LogP contribution in [0.25, 0.3) is 0 Å². The average Bonchev–Trinajstić information content (AvgIpc) is 1.38. The van der Waals surface area contributed by atoms with Gasteiger partial charge in [0.05, 0.1) is 12.6 Å². The molecule has 1 aromatic carbocycles. The maximum Gasteiger partial charge on any atom is 0.246 e. The van der Waals surface area contributed by atoms with E-state index in [9.17, 15) is 33.6 Å². The van der Waals surface area contributed by atoms with E-state index in [4.69, 9.17) is 4.74 Å². The van der Waals surface area contributed by atoms with Gasteiger partial charge in [-0.25, -0.2) is 0 Å². The molecule has 0 radical (unpaired) electrons. The molecule has 0 unspecified atom stereocenters. The molecule has 2 saturated heterocycles. The standard InChI is InChI=1S/C67H114N12O12S/c1-25-47-63(86)73(18)35-52(80)74(19)48(29-36(2)3)60(83)72-54(40(10)11)66(89)75(20)49(30-37(4)5)59(82)69-43(15)58(81)70-44(16)62(85)76(21)50(31-38(6)7)64(87)77(22)51(32-39(8)9)65(88)78(23)55(41(12)13)67(90)79(24)56(61(84)71-47)57-42(14)33-53(91-57)92-46-28-26-27-45(34-46)68-17/h26-28,34,36-44,47-51,53-57,68H,25,29-33,35H2,1-24H3,(H,69,82)(H,70,81)(H,71,84)(H,72,83)/t42-,43+,44-,47+,48+,49+,50+,51+,53+,54+,55+,56+,57-/m1/s1. The van der Waals surface area contributed by atoms with Crippen molar-refractivity contribution in [3.63, 3.8) is 0 Å². The normalized spacial score (nSPS) is 28.2. The van der Waals surface area contributed by atoms with Crippen molar-refractivity contribution in [2.75, 3.05) is 68.2 Å². The number of nitrogens with one attached hydrogen (secondary N) is 5. The number of benzene rings is 1. The average molecular weight is 1310 g/mol. The Morgan fingerprint density at radius 2 is 1.00 bits per heavy atom. The first kappa shape index (κ1) is 79.7. The minimum atomic E-state index is -1.37. The third kappa shape index (κ3) is 21.3. The van der Waals surface area contributed by atoms with E-state index in [0.29, 0.717) is 6.42 Å². The molecule has 0 saturated carbocycles. The van der Waals surface area contributed by atoms with Gasteiger partial charge in [-0.2, -0.15) is 0 Å². The Morgan fingerprint density at radius 3 is 1.50 bits per heavy atom. The summed E-state index contributed by atoms with van der Waals surface area (Å²) in [5.74, 6) is -8.96. The smallest absolute Gasteiger partial charge is 0.246 e. The van der Waals surface area contributed by atoms with Gasteiger partial charge in [-0.3, -0.25) is 52.7 Å². The van der Waals surface area contributed by atoms with Gasteiger partial charge in [0.1, 0.15) is 65.9 Å². The molecule has 1 aromatic rings. The summed E-state index contributed by atoms with van der Waals surface area (Å²) < 4.78 is 6.79. The summed E-state index contributed by atoms with van der Waals surface area (Å²) in [5.41, 5.74) is 0.419. The molecule has 3 rings (SSSR count). The lowest BCUT2D eigenvalue weighted by molar-refractivity contribution is -0.157. The molecule has 2 aliphatic heterocycles. The molecular formula is C67H114N12O12S. The summed E-state index contributed by atoms with van der Waals surface area (Å²) in [6.45, 7) is 28.1. The van der Waals surface area contributed by atoms with E-state index in [-0.39, 0.29) is 61.7 Å². The van der Waals surface area contributed by atoms with Gasteiger partial charge < -0.3 is 65.6 Å². The molecule has 13 atom stereocenters. The van der Waals surface area contributed by atoms with Crippen LogP contribution in [0.5, 0.6) is 0 Å². The minimum absolute atomic E-state index is 0.0617. The van der Waals surface area contributed by atoms with Gasteiger partial charge in [0.25, 0.3) is 0 Å². The highest BCUT2D eigenvalue weighted by Crippen LogP contribution is 2.40. The maximum atomic E-state index is 15.6. The van der Waals surface area contributed by atoms with Crippen LogP contribution in [0.1, 0.15) is 149 Å². The first-order chi connectivity index (χ1) is 42.7. The maximum absolute atomic E-state index is 15.6. The summed E-state index contributed by atoms with van der Waals surface area (Å²) in [5, 5.41) is 14.4. The fraction of sp³-hybridized carbons (Fsp3) is 0.746. The van der Waals surface area contributed by atoms with Gasteiger partial charge in [-0.1, -0.05) is 115 Å². The third-order valence-electron chi connectivity index (χ3n) is 17.6. The monoisotopic (exact) mass is 1310 g/mol. The SMILES string of the molecule is CC[C@@H]1NC(=O)[C@H]([C@@H]2O[C@@H](Sc3cccc(NC)c3)C[C@H]2C)N(C)C(=O)[C@H](C(C)C)N(C)C(=O)[C@H](CC(C)C)N(C)C(=O)[C@H](CC(C)C)N(C)C(=O)[C@@H](C)NC(=O)[C@H](C)NC(=O)[C@H](CC(C)C)N(C)C(=O)[C@H](C(C)C)NC(=O)[C@H](CC(C)C)N(C)C(=O)CN(C)C1=O. The fourth-order valence-corrected chi connectivity index (χ4v) is 13.2. The van der Waals surface area contributed by atoms with E-state index >= 15 is 19.2 Å². The first-order valence-corrected chi connectivity index (χ1v) is 33.8. The molecule has 25 heteroatoms. The quantitative estimate of drug-likeness (QED) is 0.156. The van der Waals surface area contributed by atoms with E-state index in [2.05, 4.69) is 26.6 Å². The van der Waals surface area contributed by atoms with Crippen molar-refractivity contribution in [1.82, 2.24) is 55.6 Å². The van der Waals surface area contributed by atoms with E-state index < -0.39 is 155 Å². The highest BCUT2D eigenvalue weighted by atomic mass is 32.2. The van der Waals surface area contributed by atoms with E-state index in [1.165, 1.54) is 109 Å². The largest absolute Gasteiger partial charge is 0.388 e. The van der Waals surface area contributed by atoms with Crippen LogP contribution in [-0.2, 0) is 57.5 Å². The number of hydrogen-bond acceptors (Lipinski definition) is 14. The van der Waals surface area contributed by atoms with Crippen molar-refractivity contribution in [1.29, 1.82) is 0 Å². The topological polar surface area (TPSA) is 280 Å². The first-order valence-electron chi connectivity index (χ1n) is 32.9. The Hall–Kier alpha value is -6.50. The number of rotatable bonds is 15. The Bertz CT molecular complexity index is 2730. The molecule has 2 aliphatic rings. The molecule has 2 fully saturated rings. The number of ether oxygens (including phenoxy) is 1. The molecule has 0 aliphatic carbocycles. The van der Waals surface area contributed by atoms with Gasteiger partial charge in [0.2, 0.25) is 65.0 Å². The number of carbonyl (C=O) groups is 11. The molecule has 5 N–H and O–H groups in total. The molecule has 2 heterocycles. The summed E-state index contributed by atoms with van der Waals surface area (Å²) in [4.78, 5) is 172. The highest BCUT2D eigenvalue weighted by Gasteiger charge is 2.49. The minimum Gasteiger partial charge on any atom is -0.388 e. The lowest BCUT2D eigenvalue weighted by Crippen LogP contribution is -2.63. The van der Waals surface area contributed by atoms with Crippen LogP contribution in [0, 0.1) is 41.4 Å². The van der Waals surface area contributed by atoms with Crippen LogP contribution in [0.2, 0.25) is 0 Å². The zero-order valence-electron chi connectivity index (χ0n) is 59.7. The van der Waals surface area contributed by atoms with Gasteiger partial charge >= 0.3 is 0 Å². The van der Waals surface area contributed by atoms with Crippen molar-refractivity contribution in [2.24, 2.45) is 41.4 Å². The van der Waals surface area contributed by atoms with Gasteiger partial charge in [0.15, 0.2) is 0 Å².